The average molecular weight is 306 g/mol. The molecule has 21 heavy (non-hydrogen) atoms. The van der Waals surface area contributed by atoms with Crippen LogP contribution < -0.4 is 20.1 Å². The number of hydrogen-bond donors (Lipinski definition) is 2. The minimum absolute atomic E-state index is 0.227. The van der Waals surface area contributed by atoms with E-state index in [0.717, 1.165) is 24.2 Å². The fourth-order valence-corrected chi connectivity index (χ4v) is 2.87. The van der Waals surface area contributed by atoms with Gasteiger partial charge in [0, 0.05) is 12.6 Å². The molecule has 112 valence electrons. The third kappa shape index (κ3) is 3.44. The number of amides is 1. The van der Waals surface area contributed by atoms with E-state index in [0.29, 0.717) is 18.3 Å². The van der Waals surface area contributed by atoms with Crippen LogP contribution in [0.5, 0.6) is 11.5 Å². The molecule has 1 saturated carbocycles. The van der Waals surface area contributed by atoms with Crippen molar-refractivity contribution < 1.29 is 14.3 Å². The molecule has 1 aliphatic carbocycles. The lowest BCUT2D eigenvalue weighted by Gasteiger charge is -2.14. The Morgan fingerprint density at radius 2 is 2.00 bits per heavy atom. The van der Waals surface area contributed by atoms with Gasteiger partial charge in [-0.3, -0.25) is 4.79 Å². The summed E-state index contributed by atoms with van der Waals surface area (Å²) in [6, 6.07) is 5.98. The Morgan fingerprint density at radius 1 is 1.24 bits per heavy atom. The van der Waals surface area contributed by atoms with Crippen molar-refractivity contribution in [3.8, 4) is 11.5 Å². The van der Waals surface area contributed by atoms with Crippen molar-refractivity contribution in [3.63, 3.8) is 0 Å². The second kappa shape index (κ2) is 6.30. The van der Waals surface area contributed by atoms with Crippen LogP contribution in [0.25, 0.3) is 0 Å². The van der Waals surface area contributed by atoms with E-state index >= 15 is 0 Å². The number of fused-ring (bicyclic) bond motifs is 1. The smallest absolute Gasteiger partial charge is 0.278 e. The van der Waals surface area contributed by atoms with Gasteiger partial charge in [0.15, 0.2) is 16.5 Å². The predicted molar refractivity (Wildman–Crippen MR) is 82.4 cm³/mol. The van der Waals surface area contributed by atoms with Crippen molar-refractivity contribution >= 4 is 23.1 Å². The first-order chi connectivity index (χ1) is 10.2. The highest BCUT2D eigenvalue weighted by atomic mass is 32.1. The summed E-state index contributed by atoms with van der Waals surface area (Å²) in [5.74, 6) is 1.23. The van der Waals surface area contributed by atoms with Crippen LogP contribution in [0.15, 0.2) is 18.2 Å². The van der Waals surface area contributed by atoms with Crippen molar-refractivity contribution in [3.05, 3.63) is 23.8 Å². The maximum atomic E-state index is 12.0. The van der Waals surface area contributed by atoms with Crippen molar-refractivity contribution in [2.75, 3.05) is 6.79 Å². The molecular formula is C15H18N2O3S. The number of nitrogens with one attached hydrogen (secondary N) is 2. The topological polar surface area (TPSA) is 59.6 Å². The Kier molecular flexibility index (Phi) is 4.24. The normalized spacial score (nSPS) is 16.8. The third-order valence-electron chi connectivity index (χ3n) is 3.79. The fraction of sp³-hybridized carbons (Fsp3) is 0.467. The average Bonchev–Trinajstić information content (AvgIpc) is 3.14. The van der Waals surface area contributed by atoms with Crippen LogP contribution in [0, 0.1) is 0 Å². The summed E-state index contributed by atoms with van der Waals surface area (Å²) in [6.07, 6.45) is 4.60. The third-order valence-corrected chi connectivity index (χ3v) is 4.09. The van der Waals surface area contributed by atoms with Crippen LogP contribution in [-0.2, 0) is 11.3 Å². The van der Waals surface area contributed by atoms with Crippen molar-refractivity contribution in [2.24, 2.45) is 0 Å². The zero-order valence-electron chi connectivity index (χ0n) is 11.7. The summed E-state index contributed by atoms with van der Waals surface area (Å²) >= 11 is 5.14. The van der Waals surface area contributed by atoms with Gasteiger partial charge in [0.05, 0.1) is 0 Å². The summed E-state index contributed by atoms with van der Waals surface area (Å²) in [4.78, 5) is 12.2. The first-order valence-corrected chi connectivity index (χ1v) is 7.60. The van der Waals surface area contributed by atoms with Crippen molar-refractivity contribution in [1.82, 2.24) is 10.6 Å². The zero-order chi connectivity index (χ0) is 14.7. The molecule has 0 bridgehead atoms. The van der Waals surface area contributed by atoms with Crippen LogP contribution in [-0.4, -0.2) is 23.7 Å². The second-order valence-electron chi connectivity index (χ2n) is 5.33. The highest BCUT2D eigenvalue weighted by Crippen LogP contribution is 2.32. The maximum Gasteiger partial charge on any atom is 0.278 e. The molecule has 1 amide bonds. The van der Waals surface area contributed by atoms with Crippen LogP contribution in [0.1, 0.15) is 31.2 Å². The molecular weight excluding hydrogens is 288 g/mol. The maximum absolute atomic E-state index is 12.0. The largest absolute Gasteiger partial charge is 0.454 e. The molecule has 1 aliphatic heterocycles. The number of benzene rings is 1. The van der Waals surface area contributed by atoms with Crippen LogP contribution in [0.2, 0.25) is 0 Å². The summed E-state index contributed by atoms with van der Waals surface area (Å²) in [5, 5.41) is 5.96. The van der Waals surface area contributed by atoms with E-state index in [4.69, 9.17) is 21.7 Å². The number of hydrogen-bond acceptors (Lipinski definition) is 4. The Morgan fingerprint density at radius 3 is 2.81 bits per heavy atom. The molecule has 5 nitrogen and oxygen atoms in total. The molecule has 3 rings (SSSR count). The number of carbonyl (C=O) groups is 1. The molecule has 0 saturated heterocycles. The lowest BCUT2D eigenvalue weighted by molar-refractivity contribution is -0.115. The van der Waals surface area contributed by atoms with Crippen LogP contribution >= 0.6 is 12.2 Å². The summed E-state index contributed by atoms with van der Waals surface area (Å²) in [6.45, 7) is 0.669. The van der Waals surface area contributed by atoms with Gasteiger partial charge in [-0.25, -0.2) is 0 Å². The quantitative estimate of drug-likeness (QED) is 0.835. The molecule has 0 unspecified atom stereocenters. The van der Waals surface area contributed by atoms with E-state index in [1.165, 1.54) is 12.8 Å². The van der Waals surface area contributed by atoms with Crippen molar-refractivity contribution in [2.45, 2.75) is 38.3 Å². The molecule has 1 heterocycles. The lowest BCUT2D eigenvalue weighted by Crippen LogP contribution is -2.42. The van der Waals surface area contributed by atoms with E-state index in [1.807, 2.05) is 18.2 Å². The molecule has 1 aromatic rings. The van der Waals surface area contributed by atoms with Gasteiger partial charge in [-0.2, -0.15) is 0 Å². The number of carbonyl (C=O) groups excluding carboxylic acids is 1. The first-order valence-electron chi connectivity index (χ1n) is 7.19. The Hall–Kier alpha value is -1.82. The van der Waals surface area contributed by atoms with Gasteiger partial charge >= 0.3 is 0 Å². The number of ether oxygens (including phenoxy) is 2. The Labute approximate surface area is 129 Å². The molecule has 0 atom stereocenters. The molecule has 6 heteroatoms. The SMILES string of the molecule is O=C(NCc1ccc2c(c1)OCO2)C(=S)NC1CCCC1. The molecule has 0 spiro atoms. The molecule has 0 aromatic heterocycles. The van der Waals surface area contributed by atoms with E-state index in [1.54, 1.807) is 0 Å². The van der Waals surface area contributed by atoms with E-state index in [2.05, 4.69) is 10.6 Å². The van der Waals surface area contributed by atoms with Gasteiger partial charge in [-0.05, 0) is 30.5 Å². The predicted octanol–water partition coefficient (Wildman–Crippen LogP) is 1.89. The highest BCUT2D eigenvalue weighted by molar-refractivity contribution is 7.82. The summed E-state index contributed by atoms with van der Waals surface area (Å²) in [7, 11) is 0. The second-order valence-corrected chi connectivity index (χ2v) is 5.73. The van der Waals surface area contributed by atoms with Gasteiger partial charge in [-0.15, -0.1) is 0 Å². The minimum Gasteiger partial charge on any atom is -0.454 e. The Bertz CT molecular complexity index is 556. The van der Waals surface area contributed by atoms with Crippen LogP contribution in [0.3, 0.4) is 0 Å². The number of thiocarbonyl (C=S) groups is 1. The molecule has 0 radical (unpaired) electrons. The van der Waals surface area contributed by atoms with Crippen molar-refractivity contribution in [1.29, 1.82) is 0 Å². The molecule has 1 fully saturated rings. The first kappa shape index (κ1) is 14.1. The summed E-state index contributed by atoms with van der Waals surface area (Å²) < 4.78 is 10.6. The van der Waals surface area contributed by atoms with Crippen LogP contribution in [0.4, 0.5) is 0 Å². The summed E-state index contributed by atoms with van der Waals surface area (Å²) in [5.41, 5.74) is 0.955. The molecule has 2 N–H and O–H groups in total. The van der Waals surface area contributed by atoms with E-state index in [9.17, 15) is 4.79 Å². The van der Waals surface area contributed by atoms with Gasteiger partial charge in [0.2, 0.25) is 6.79 Å². The van der Waals surface area contributed by atoms with Gasteiger partial charge < -0.3 is 20.1 Å². The number of rotatable bonds is 3. The highest BCUT2D eigenvalue weighted by Gasteiger charge is 2.19. The van der Waals surface area contributed by atoms with Gasteiger partial charge in [0.1, 0.15) is 0 Å². The molecule has 1 aromatic carbocycles. The van der Waals surface area contributed by atoms with E-state index in [-0.39, 0.29) is 17.7 Å². The monoisotopic (exact) mass is 306 g/mol. The fourth-order valence-electron chi connectivity index (χ4n) is 2.63. The standard InChI is InChI=1S/C15H18N2O3S/c18-14(15(21)17-11-3-1-2-4-11)16-8-10-5-6-12-13(7-10)20-9-19-12/h5-7,11H,1-4,8-9H2,(H,16,18)(H,17,21). The lowest BCUT2D eigenvalue weighted by atomic mass is 10.2. The molecule has 2 aliphatic rings. The van der Waals surface area contributed by atoms with E-state index < -0.39 is 0 Å². The van der Waals surface area contributed by atoms with Gasteiger partial charge in [0.25, 0.3) is 5.91 Å². The zero-order valence-corrected chi connectivity index (χ0v) is 12.5. The Balaban J connectivity index is 1.49. The minimum atomic E-state index is -0.227. The van der Waals surface area contributed by atoms with Gasteiger partial charge in [-0.1, -0.05) is 31.1 Å².